The molecule has 0 bridgehead atoms. The summed E-state index contributed by atoms with van der Waals surface area (Å²) in [5.41, 5.74) is 3.42. The summed E-state index contributed by atoms with van der Waals surface area (Å²) in [7, 11) is 1.70. The second kappa shape index (κ2) is 8.65. The largest absolute Gasteiger partial charge is 0.490 e. The highest BCUT2D eigenvalue weighted by Crippen LogP contribution is 2.30. The van der Waals surface area contributed by atoms with Crippen LogP contribution in [0.4, 0.5) is 8.78 Å². The van der Waals surface area contributed by atoms with E-state index in [0.29, 0.717) is 18.7 Å². The molecule has 26 heavy (non-hydrogen) atoms. The first-order valence-electron chi connectivity index (χ1n) is 8.34. The van der Waals surface area contributed by atoms with Crippen LogP contribution in [0, 0.1) is 13.8 Å². The van der Waals surface area contributed by atoms with Gasteiger partial charge in [0.15, 0.2) is 11.5 Å². The van der Waals surface area contributed by atoms with E-state index in [1.54, 1.807) is 31.0 Å². The van der Waals surface area contributed by atoms with Crippen molar-refractivity contribution in [2.24, 2.45) is 0 Å². The van der Waals surface area contributed by atoms with Crippen LogP contribution in [0.15, 0.2) is 36.4 Å². The van der Waals surface area contributed by atoms with Crippen molar-refractivity contribution in [1.82, 2.24) is 4.90 Å². The third-order valence-corrected chi connectivity index (χ3v) is 3.76. The Bertz CT molecular complexity index is 757. The molecule has 0 atom stereocenters. The number of benzene rings is 2. The van der Waals surface area contributed by atoms with Gasteiger partial charge in [-0.3, -0.25) is 4.79 Å². The molecule has 6 heteroatoms. The Morgan fingerprint density at radius 1 is 1.08 bits per heavy atom. The zero-order valence-electron chi connectivity index (χ0n) is 15.4. The van der Waals surface area contributed by atoms with Crippen LogP contribution in [0.2, 0.25) is 0 Å². The Hall–Kier alpha value is -2.63. The van der Waals surface area contributed by atoms with Gasteiger partial charge in [0.05, 0.1) is 6.61 Å². The van der Waals surface area contributed by atoms with Crippen LogP contribution < -0.4 is 9.47 Å². The normalized spacial score (nSPS) is 10.7. The predicted octanol–water partition coefficient (Wildman–Crippen LogP) is 4.58. The molecule has 140 valence electrons. The van der Waals surface area contributed by atoms with E-state index >= 15 is 0 Å². The smallest absolute Gasteiger partial charge is 0.387 e. The van der Waals surface area contributed by atoms with Crippen molar-refractivity contribution in [1.29, 1.82) is 0 Å². The van der Waals surface area contributed by atoms with Crippen LogP contribution in [0.25, 0.3) is 0 Å². The number of carbonyl (C=O) groups is 1. The molecule has 0 aliphatic carbocycles. The lowest BCUT2D eigenvalue weighted by atomic mass is 10.1. The van der Waals surface area contributed by atoms with Gasteiger partial charge in [0, 0.05) is 19.2 Å². The van der Waals surface area contributed by atoms with Gasteiger partial charge in [-0.2, -0.15) is 8.78 Å². The van der Waals surface area contributed by atoms with Crippen molar-refractivity contribution < 1.29 is 23.0 Å². The molecule has 0 heterocycles. The van der Waals surface area contributed by atoms with Crippen molar-refractivity contribution in [2.45, 2.75) is 33.9 Å². The van der Waals surface area contributed by atoms with Gasteiger partial charge < -0.3 is 14.4 Å². The Morgan fingerprint density at radius 3 is 2.31 bits per heavy atom. The van der Waals surface area contributed by atoms with E-state index in [1.165, 1.54) is 6.07 Å². The molecule has 2 aromatic carbocycles. The Kier molecular flexibility index (Phi) is 6.55. The zero-order chi connectivity index (χ0) is 19.3. The second-order valence-electron chi connectivity index (χ2n) is 6.13. The number of halogens is 2. The van der Waals surface area contributed by atoms with Gasteiger partial charge in [0.1, 0.15) is 0 Å². The van der Waals surface area contributed by atoms with Crippen molar-refractivity contribution in [3.63, 3.8) is 0 Å². The summed E-state index contributed by atoms with van der Waals surface area (Å²) < 4.78 is 34.8. The van der Waals surface area contributed by atoms with Crippen molar-refractivity contribution >= 4 is 5.91 Å². The number of hydrogen-bond donors (Lipinski definition) is 0. The van der Waals surface area contributed by atoms with Crippen LogP contribution in [0.5, 0.6) is 11.5 Å². The maximum absolute atomic E-state index is 12.6. The molecular formula is C20H23F2NO3. The highest BCUT2D eigenvalue weighted by Gasteiger charge is 2.16. The summed E-state index contributed by atoms with van der Waals surface area (Å²) in [6.45, 7) is 3.36. The van der Waals surface area contributed by atoms with Crippen LogP contribution >= 0.6 is 0 Å². The monoisotopic (exact) mass is 363 g/mol. The number of ether oxygens (including phenoxy) is 2. The molecule has 2 rings (SSSR count). The first kappa shape index (κ1) is 19.7. The highest BCUT2D eigenvalue weighted by atomic mass is 19.3. The van der Waals surface area contributed by atoms with Crippen LogP contribution in [-0.2, 0) is 6.54 Å². The summed E-state index contributed by atoms with van der Waals surface area (Å²) in [4.78, 5) is 14.2. The Balaban J connectivity index is 2.18. The lowest BCUT2D eigenvalue weighted by Gasteiger charge is -2.19. The van der Waals surface area contributed by atoms with Crippen molar-refractivity contribution in [3.05, 3.63) is 58.7 Å². The number of hydrogen-bond acceptors (Lipinski definition) is 3. The highest BCUT2D eigenvalue weighted by molar-refractivity contribution is 5.94. The molecule has 0 saturated carbocycles. The van der Waals surface area contributed by atoms with Crippen molar-refractivity contribution in [2.75, 3.05) is 13.7 Å². The van der Waals surface area contributed by atoms with E-state index in [1.807, 2.05) is 32.0 Å². The number of nitrogens with zero attached hydrogens (tertiary/aromatic N) is 1. The number of carbonyl (C=O) groups excluding carboxylic acids is 1. The molecule has 0 aliphatic heterocycles. The minimum absolute atomic E-state index is 0.0195. The second-order valence-corrected chi connectivity index (χ2v) is 6.13. The van der Waals surface area contributed by atoms with Crippen molar-refractivity contribution in [3.8, 4) is 11.5 Å². The van der Waals surface area contributed by atoms with Gasteiger partial charge in [-0.25, -0.2) is 0 Å². The Labute approximate surface area is 152 Å². The van der Waals surface area contributed by atoms with Gasteiger partial charge in [-0.1, -0.05) is 23.3 Å². The van der Waals surface area contributed by atoms with Crippen LogP contribution in [0.3, 0.4) is 0 Å². The standard InChI is InChI=1S/C20H23F2NO3/c1-5-25-18-11-15(6-7-17(18)26-20(21)22)12-23(4)19(24)16-9-13(2)8-14(3)10-16/h6-11,20H,5,12H2,1-4H3. The topological polar surface area (TPSA) is 38.8 Å². The number of aryl methyl sites for hydroxylation is 2. The summed E-state index contributed by atoms with van der Waals surface area (Å²) in [5, 5.41) is 0. The lowest BCUT2D eigenvalue weighted by Crippen LogP contribution is -2.26. The zero-order valence-corrected chi connectivity index (χ0v) is 15.4. The number of alkyl halides is 2. The van der Waals surface area contributed by atoms with Crippen LogP contribution in [-0.4, -0.2) is 31.1 Å². The molecule has 0 radical (unpaired) electrons. The average Bonchev–Trinajstić information content (AvgIpc) is 2.55. The maximum Gasteiger partial charge on any atom is 0.387 e. The van der Waals surface area contributed by atoms with Gasteiger partial charge in [-0.15, -0.1) is 0 Å². The van der Waals surface area contributed by atoms with E-state index in [-0.39, 0.29) is 17.4 Å². The maximum atomic E-state index is 12.6. The summed E-state index contributed by atoms with van der Waals surface area (Å²) in [6, 6.07) is 10.4. The minimum atomic E-state index is -2.92. The first-order valence-corrected chi connectivity index (χ1v) is 8.34. The van der Waals surface area contributed by atoms with E-state index in [0.717, 1.165) is 16.7 Å². The molecule has 0 aliphatic rings. The molecule has 0 aromatic heterocycles. The fraction of sp³-hybridized carbons (Fsp3) is 0.350. The van der Waals surface area contributed by atoms with Gasteiger partial charge in [0.2, 0.25) is 0 Å². The van der Waals surface area contributed by atoms with Gasteiger partial charge in [-0.05, 0) is 50.6 Å². The van der Waals surface area contributed by atoms with E-state index in [4.69, 9.17) is 4.74 Å². The molecule has 0 fully saturated rings. The molecular weight excluding hydrogens is 340 g/mol. The van der Waals surface area contributed by atoms with E-state index in [2.05, 4.69) is 4.74 Å². The first-order chi connectivity index (χ1) is 12.3. The van der Waals surface area contributed by atoms with Gasteiger partial charge >= 0.3 is 6.61 Å². The fourth-order valence-corrected chi connectivity index (χ4v) is 2.78. The molecule has 0 N–H and O–H groups in total. The Morgan fingerprint density at radius 2 is 1.73 bits per heavy atom. The van der Waals surface area contributed by atoms with E-state index in [9.17, 15) is 13.6 Å². The average molecular weight is 363 g/mol. The third-order valence-electron chi connectivity index (χ3n) is 3.76. The fourth-order valence-electron chi connectivity index (χ4n) is 2.78. The summed E-state index contributed by atoms with van der Waals surface area (Å²) in [5.74, 6) is 0.106. The molecule has 0 saturated heterocycles. The minimum Gasteiger partial charge on any atom is -0.490 e. The quantitative estimate of drug-likeness (QED) is 0.723. The van der Waals surface area contributed by atoms with E-state index < -0.39 is 6.61 Å². The molecule has 2 aromatic rings. The predicted molar refractivity (Wildman–Crippen MR) is 96.0 cm³/mol. The van der Waals surface area contributed by atoms with Crippen LogP contribution in [0.1, 0.15) is 34.0 Å². The molecule has 4 nitrogen and oxygen atoms in total. The molecule has 0 unspecified atom stereocenters. The SMILES string of the molecule is CCOc1cc(CN(C)C(=O)c2cc(C)cc(C)c2)ccc1OC(F)F. The molecule has 0 spiro atoms. The molecule has 1 amide bonds. The third kappa shape index (κ3) is 5.18. The van der Waals surface area contributed by atoms with Gasteiger partial charge in [0.25, 0.3) is 5.91 Å². The number of amides is 1. The lowest BCUT2D eigenvalue weighted by molar-refractivity contribution is -0.0514. The number of rotatable bonds is 7. The summed E-state index contributed by atoms with van der Waals surface area (Å²) in [6.07, 6.45) is 0. The summed E-state index contributed by atoms with van der Waals surface area (Å²) >= 11 is 0.